The SMILES string of the molecule is NC/C(=C/F)COc1ccc(C(=O)Nc2ccc(Cl)c(Cl)c2)cc1. The number of benzene rings is 2. The van der Waals surface area contributed by atoms with Gasteiger partial charge in [-0.2, -0.15) is 0 Å². The first-order valence-electron chi connectivity index (χ1n) is 7.01. The van der Waals surface area contributed by atoms with Crippen molar-refractivity contribution in [3.05, 3.63) is 70.0 Å². The van der Waals surface area contributed by atoms with E-state index in [1.54, 1.807) is 42.5 Å². The molecule has 2 aromatic carbocycles. The molecule has 0 aromatic heterocycles. The lowest BCUT2D eigenvalue weighted by Gasteiger charge is -2.09. The number of rotatable bonds is 6. The zero-order valence-electron chi connectivity index (χ0n) is 12.6. The Hall–Kier alpha value is -2.08. The molecule has 0 aliphatic heterocycles. The van der Waals surface area contributed by atoms with Crippen LogP contribution in [0.15, 0.2) is 54.4 Å². The van der Waals surface area contributed by atoms with Crippen molar-refractivity contribution in [2.75, 3.05) is 18.5 Å². The average molecular weight is 369 g/mol. The van der Waals surface area contributed by atoms with Gasteiger partial charge in [-0.05, 0) is 42.5 Å². The number of amides is 1. The predicted octanol–water partition coefficient (Wildman–Crippen LogP) is 4.44. The molecule has 0 unspecified atom stereocenters. The first-order chi connectivity index (χ1) is 11.5. The van der Waals surface area contributed by atoms with Crippen molar-refractivity contribution in [3.8, 4) is 5.75 Å². The van der Waals surface area contributed by atoms with Gasteiger partial charge in [-0.3, -0.25) is 4.79 Å². The van der Waals surface area contributed by atoms with Gasteiger partial charge >= 0.3 is 0 Å². The van der Waals surface area contributed by atoms with Crippen LogP contribution >= 0.6 is 23.2 Å². The monoisotopic (exact) mass is 368 g/mol. The Kier molecular flexibility index (Phi) is 6.61. The van der Waals surface area contributed by atoms with Crippen LogP contribution in [-0.2, 0) is 0 Å². The Morgan fingerprint density at radius 2 is 1.88 bits per heavy atom. The summed E-state index contributed by atoms with van der Waals surface area (Å²) in [6, 6.07) is 11.3. The molecule has 2 rings (SSSR count). The fraction of sp³-hybridized carbons (Fsp3) is 0.118. The predicted molar refractivity (Wildman–Crippen MR) is 94.6 cm³/mol. The number of halogens is 3. The van der Waals surface area contributed by atoms with Crippen molar-refractivity contribution in [2.24, 2.45) is 5.73 Å². The van der Waals surface area contributed by atoms with E-state index in [4.69, 9.17) is 33.7 Å². The minimum atomic E-state index is -0.300. The zero-order valence-corrected chi connectivity index (χ0v) is 14.1. The van der Waals surface area contributed by atoms with E-state index in [1.807, 2.05) is 0 Å². The van der Waals surface area contributed by atoms with Gasteiger partial charge in [-0.15, -0.1) is 0 Å². The lowest BCUT2D eigenvalue weighted by Crippen LogP contribution is -2.12. The highest BCUT2D eigenvalue weighted by molar-refractivity contribution is 6.42. The summed E-state index contributed by atoms with van der Waals surface area (Å²) in [5.74, 6) is 0.208. The van der Waals surface area contributed by atoms with Gasteiger partial charge in [0.05, 0.1) is 16.4 Å². The van der Waals surface area contributed by atoms with Crippen molar-refractivity contribution in [3.63, 3.8) is 0 Å². The molecule has 3 N–H and O–H groups in total. The Bertz CT molecular complexity index is 749. The van der Waals surface area contributed by atoms with Gasteiger partial charge in [0.2, 0.25) is 0 Å². The van der Waals surface area contributed by atoms with Crippen LogP contribution in [0.4, 0.5) is 10.1 Å². The maximum Gasteiger partial charge on any atom is 0.255 e. The van der Waals surface area contributed by atoms with E-state index in [0.717, 1.165) is 0 Å². The minimum absolute atomic E-state index is 0.0574. The van der Waals surface area contributed by atoms with E-state index in [9.17, 15) is 9.18 Å². The average Bonchev–Trinajstić information content (AvgIpc) is 2.59. The second-order valence-corrected chi connectivity index (χ2v) is 5.68. The second kappa shape index (κ2) is 8.68. The van der Waals surface area contributed by atoms with Crippen LogP contribution in [0.25, 0.3) is 0 Å². The Morgan fingerprint density at radius 3 is 2.46 bits per heavy atom. The Labute approximate surface area is 149 Å². The van der Waals surface area contributed by atoms with Crippen molar-refractivity contribution >= 4 is 34.8 Å². The van der Waals surface area contributed by atoms with E-state index in [1.165, 1.54) is 0 Å². The van der Waals surface area contributed by atoms with Gasteiger partial charge in [0.25, 0.3) is 5.91 Å². The molecular formula is C17H15Cl2FN2O2. The molecule has 0 bridgehead atoms. The van der Waals surface area contributed by atoms with Crippen LogP contribution in [0, 0.1) is 0 Å². The fourth-order valence-electron chi connectivity index (χ4n) is 1.79. The number of hydrogen-bond acceptors (Lipinski definition) is 3. The third-order valence-corrected chi connectivity index (χ3v) is 3.87. The molecule has 0 saturated heterocycles. The van der Waals surface area contributed by atoms with Crippen LogP contribution in [0.2, 0.25) is 10.0 Å². The summed E-state index contributed by atoms with van der Waals surface area (Å²) in [6.45, 7) is 0.141. The van der Waals surface area contributed by atoms with E-state index in [2.05, 4.69) is 5.32 Å². The summed E-state index contributed by atoms with van der Waals surface area (Å²) >= 11 is 11.7. The van der Waals surface area contributed by atoms with Gasteiger partial charge < -0.3 is 15.8 Å². The summed E-state index contributed by atoms with van der Waals surface area (Å²) in [6.07, 6.45) is 0.430. The van der Waals surface area contributed by atoms with Gasteiger partial charge in [0.15, 0.2) is 0 Å². The van der Waals surface area contributed by atoms with Crippen LogP contribution in [0.1, 0.15) is 10.4 Å². The van der Waals surface area contributed by atoms with Crippen molar-refractivity contribution in [1.29, 1.82) is 0 Å². The molecule has 0 fully saturated rings. The topological polar surface area (TPSA) is 64.3 Å². The summed E-state index contributed by atoms with van der Waals surface area (Å²) in [7, 11) is 0. The summed E-state index contributed by atoms with van der Waals surface area (Å²) in [5, 5.41) is 3.48. The third-order valence-electron chi connectivity index (χ3n) is 3.13. The van der Waals surface area contributed by atoms with Gasteiger partial charge in [-0.25, -0.2) is 4.39 Å². The van der Waals surface area contributed by atoms with Crippen molar-refractivity contribution in [1.82, 2.24) is 0 Å². The third kappa shape index (κ3) is 4.96. The summed E-state index contributed by atoms with van der Waals surface area (Å²) in [4.78, 5) is 12.2. The van der Waals surface area contributed by atoms with Crippen LogP contribution < -0.4 is 15.8 Å². The molecule has 2 aromatic rings. The lowest BCUT2D eigenvalue weighted by molar-refractivity contribution is 0.102. The number of carbonyl (C=O) groups is 1. The van der Waals surface area contributed by atoms with Gasteiger partial charge in [0.1, 0.15) is 12.4 Å². The first-order valence-corrected chi connectivity index (χ1v) is 7.76. The molecule has 0 saturated carbocycles. The second-order valence-electron chi connectivity index (χ2n) is 4.87. The van der Waals surface area contributed by atoms with E-state index in [-0.39, 0.29) is 19.1 Å². The summed E-state index contributed by atoms with van der Waals surface area (Å²) in [5.41, 5.74) is 6.67. The highest BCUT2D eigenvalue weighted by Gasteiger charge is 2.08. The molecule has 0 radical (unpaired) electrons. The molecule has 4 nitrogen and oxygen atoms in total. The molecular weight excluding hydrogens is 354 g/mol. The lowest BCUT2D eigenvalue weighted by atomic mass is 10.2. The highest BCUT2D eigenvalue weighted by atomic mass is 35.5. The van der Waals surface area contributed by atoms with Crippen molar-refractivity contribution in [2.45, 2.75) is 0 Å². The van der Waals surface area contributed by atoms with Gasteiger partial charge in [0, 0.05) is 23.4 Å². The number of nitrogens with one attached hydrogen (secondary N) is 1. The molecule has 24 heavy (non-hydrogen) atoms. The van der Waals surface area contributed by atoms with E-state index in [0.29, 0.717) is 38.9 Å². The Balaban J connectivity index is 1.99. The normalized spacial score (nSPS) is 11.2. The standard InChI is InChI=1S/C17H15Cl2FN2O2/c18-15-6-3-13(7-16(15)19)22-17(23)12-1-4-14(5-2-12)24-10-11(8-20)9-21/h1-8H,9-10,21H2,(H,22,23)/b11-8-. The summed E-state index contributed by atoms with van der Waals surface area (Å²) < 4.78 is 17.8. The highest BCUT2D eigenvalue weighted by Crippen LogP contribution is 2.25. The smallest absolute Gasteiger partial charge is 0.255 e. The van der Waals surface area contributed by atoms with Crippen molar-refractivity contribution < 1.29 is 13.9 Å². The maximum atomic E-state index is 12.4. The fourth-order valence-corrected chi connectivity index (χ4v) is 2.09. The van der Waals surface area contributed by atoms with Crippen LogP contribution in [0.3, 0.4) is 0 Å². The van der Waals surface area contributed by atoms with Crippen LogP contribution in [0.5, 0.6) is 5.75 Å². The van der Waals surface area contributed by atoms with E-state index < -0.39 is 0 Å². The molecule has 0 aliphatic rings. The zero-order chi connectivity index (χ0) is 17.5. The molecule has 0 atom stereocenters. The van der Waals surface area contributed by atoms with Crippen LogP contribution in [-0.4, -0.2) is 19.1 Å². The Morgan fingerprint density at radius 1 is 1.17 bits per heavy atom. The quantitative estimate of drug-likeness (QED) is 0.792. The van der Waals surface area contributed by atoms with E-state index >= 15 is 0 Å². The first kappa shape index (κ1) is 18.3. The molecule has 1 amide bonds. The molecule has 0 spiro atoms. The largest absolute Gasteiger partial charge is 0.489 e. The van der Waals surface area contributed by atoms with Gasteiger partial charge in [-0.1, -0.05) is 23.2 Å². The molecule has 126 valence electrons. The number of ether oxygens (including phenoxy) is 1. The molecule has 0 heterocycles. The molecule has 7 heteroatoms. The minimum Gasteiger partial charge on any atom is -0.489 e. The number of nitrogens with two attached hydrogens (primary N) is 1. The number of anilines is 1. The molecule has 0 aliphatic carbocycles. The maximum absolute atomic E-state index is 12.4. The number of hydrogen-bond donors (Lipinski definition) is 2. The number of carbonyl (C=O) groups excluding carboxylic acids is 1.